The zero-order valence-electron chi connectivity index (χ0n) is 5.14. The second kappa shape index (κ2) is 2.84. The van der Waals surface area contributed by atoms with Crippen molar-refractivity contribution in [1.82, 2.24) is 4.98 Å². The molecular formula is C6H6ClFN2. The Kier molecular flexibility index (Phi) is 2.06. The van der Waals surface area contributed by atoms with Crippen molar-refractivity contribution < 1.29 is 4.39 Å². The molecule has 0 aromatic carbocycles. The lowest BCUT2D eigenvalue weighted by Crippen LogP contribution is -1.97. The topological polar surface area (TPSA) is 38.9 Å². The van der Waals surface area contributed by atoms with Crippen LogP contribution in [-0.4, -0.2) is 4.98 Å². The maximum atomic E-state index is 12.7. The lowest BCUT2D eigenvalue weighted by molar-refractivity contribution is 0.616. The van der Waals surface area contributed by atoms with Gasteiger partial charge in [0, 0.05) is 11.8 Å². The highest BCUT2D eigenvalue weighted by Gasteiger charge is 2.03. The van der Waals surface area contributed by atoms with E-state index < -0.39 is 5.82 Å². The molecule has 0 atom stereocenters. The zero-order chi connectivity index (χ0) is 7.56. The van der Waals surface area contributed by atoms with Gasteiger partial charge in [0.05, 0.1) is 5.88 Å². The third-order valence-corrected chi connectivity index (χ3v) is 1.43. The van der Waals surface area contributed by atoms with Gasteiger partial charge in [0.15, 0.2) is 11.6 Å². The minimum absolute atomic E-state index is 0.0989. The van der Waals surface area contributed by atoms with E-state index in [1.54, 1.807) is 0 Å². The van der Waals surface area contributed by atoms with Gasteiger partial charge in [0.25, 0.3) is 0 Å². The number of halogens is 2. The molecule has 0 amide bonds. The van der Waals surface area contributed by atoms with E-state index in [0.717, 1.165) is 0 Å². The normalized spacial score (nSPS) is 9.80. The van der Waals surface area contributed by atoms with Crippen LogP contribution in [0.5, 0.6) is 0 Å². The number of hydrogen-bond donors (Lipinski definition) is 1. The number of nitrogens with two attached hydrogens (primary N) is 1. The molecule has 0 spiro atoms. The number of rotatable bonds is 1. The Morgan fingerprint density at radius 2 is 2.40 bits per heavy atom. The molecule has 2 nitrogen and oxygen atoms in total. The highest BCUT2D eigenvalue weighted by atomic mass is 35.5. The lowest BCUT2D eigenvalue weighted by Gasteiger charge is -1.98. The molecule has 10 heavy (non-hydrogen) atoms. The van der Waals surface area contributed by atoms with Crippen molar-refractivity contribution >= 4 is 17.4 Å². The summed E-state index contributed by atoms with van der Waals surface area (Å²) >= 11 is 5.38. The van der Waals surface area contributed by atoms with Gasteiger partial charge in [-0.2, -0.15) is 0 Å². The van der Waals surface area contributed by atoms with Gasteiger partial charge in [-0.25, -0.2) is 9.37 Å². The van der Waals surface area contributed by atoms with E-state index in [1.165, 1.54) is 12.3 Å². The molecule has 0 aliphatic carbocycles. The number of aromatic nitrogens is 1. The average Bonchev–Trinajstić information content (AvgIpc) is 1.95. The van der Waals surface area contributed by atoms with Crippen LogP contribution >= 0.6 is 11.6 Å². The molecule has 54 valence electrons. The molecule has 0 radical (unpaired) electrons. The fraction of sp³-hybridized carbons (Fsp3) is 0.167. The largest absolute Gasteiger partial charge is 0.381 e. The second-order valence-corrected chi connectivity index (χ2v) is 2.07. The number of nitrogen functional groups attached to an aromatic ring is 1. The van der Waals surface area contributed by atoms with Crippen molar-refractivity contribution in [2.24, 2.45) is 0 Å². The van der Waals surface area contributed by atoms with Crippen LogP contribution in [0.2, 0.25) is 0 Å². The zero-order valence-corrected chi connectivity index (χ0v) is 5.90. The Morgan fingerprint density at radius 3 is 2.90 bits per heavy atom. The summed E-state index contributed by atoms with van der Waals surface area (Å²) in [6.07, 6.45) is 1.43. The first-order valence-electron chi connectivity index (χ1n) is 2.70. The number of hydrogen-bond acceptors (Lipinski definition) is 2. The van der Waals surface area contributed by atoms with Gasteiger partial charge in [-0.15, -0.1) is 11.6 Å². The van der Waals surface area contributed by atoms with Gasteiger partial charge < -0.3 is 5.73 Å². The van der Waals surface area contributed by atoms with Crippen molar-refractivity contribution in [1.29, 1.82) is 0 Å². The third-order valence-electron chi connectivity index (χ3n) is 1.14. The molecule has 0 fully saturated rings. The molecule has 1 aromatic heterocycles. The number of anilines is 1. The summed E-state index contributed by atoms with van der Waals surface area (Å²) in [5, 5.41) is 0. The van der Waals surface area contributed by atoms with Gasteiger partial charge in [0.2, 0.25) is 0 Å². The maximum absolute atomic E-state index is 12.7. The first kappa shape index (κ1) is 7.28. The Morgan fingerprint density at radius 1 is 1.70 bits per heavy atom. The van der Waals surface area contributed by atoms with Crippen LogP contribution in [0, 0.1) is 5.82 Å². The average molecular weight is 161 g/mol. The van der Waals surface area contributed by atoms with Crippen LogP contribution in [0.25, 0.3) is 0 Å². The molecule has 0 aliphatic heterocycles. The monoisotopic (exact) mass is 160 g/mol. The molecule has 1 aromatic rings. The first-order chi connectivity index (χ1) is 4.75. The van der Waals surface area contributed by atoms with Crippen LogP contribution in [-0.2, 0) is 5.88 Å². The molecule has 0 saturated carbocycles. The number of nitrogens with zero attached hydrogens (tertiary/aromatic N) is 1. The van der Waals surface area contributed by atoms with Gasteiger partial charge >= 0.3 is 0 Å². The summed E-state index contributed by atoms with van der Waals surface area (Å²) < 4.78 is 12.7. The van der Waals surface area contributed by atoms with E-state index in [1.807, 2.05) is 0 Å². The maximum Gasteiger partial charge on any atom is 0.169 e. The molecule has 1 rings (SSSR count). The van der Waals surface area contributed by atoms with Crippen molar-refractivity contribution in [2.75, 3.05) is 5.73 Å². The predicted octanol–water partition coefficient (Wildman–Crippen LogP) is 1.54. The van der Waals surface area contributed by atoms with Crippen molar-refractivity contribution in [3.05, 3.63) is 23.6 Å². The summed E-state index contributed by atoms with van der Waals surface area (Å²) in [7, 11) is 0. The van der Waals surface area contributed by atoms with E-state index >= 15 is 0 Å². The summed E-state index contributed by atoms with van der Waals surface area (Å²) in [6, 6.07) is 1.50. The van der Waals surface area contributed by atoms with Crippen LogP contribution in [0.15, 0.2) is 12.3 Å². The molecule has 2 N–H and O–H groups in total. The highest BCUT2D eigenvalue weighted by molar-refractivity contribution is 6.17. The lowest BCUT2D eigenvalue weighted by atomic mass is 10.3. The quantitative estimate of drug-likeness (QED) is 0.633. The summed E-state index contributed by atoms with van der Waals surface area (Å²) in [5.74, 6) is -0.492. The second-order valence-electron chi connectivity index (χ2n) is 1.80. The highest BCUT2D eigenvalue weighted by Crippen LogP contribution is 2.12. The van der Waals surface area contributed by atoms with Crippen molar-refractivity contribution in [2.45, 2.75) is 5.88 Å². The Labute approximate surface area is 62.8 Å². The van der Waals surface area contributed by atoms with Gasteiger partial charge in [0.1, 0.15) is 0 Å². The molecular weight excluding hydrogens is 155 g/mol. The fourth-order valence-corrected chi connectivity index (χ4v) is 0.811. The van der Waals surface area contributed by atoms with Crippen molar-refractivity contribution in [3.8, 4) is 0 Å². The molecule has 0 aliphatic rings. The van der Waals surface area contributed by atoms with Crippen LogP contribution in [0.3, 0.4) is 0 Å². The summed E-state index contributed by atoms with van der Waals surface area (Å²) in [6.45, 7) is 0. The van der Waals surface area contributed by atoms with E-state index in [4.69, 9.17) is 17.3 Å². The minimum Gasteiger partial charge on any atom is -0.381 e. The summed E-state index contributed by atoms with van der Waals surface area (Å²) in [4.78, 5) is 3.53. The number of pyridine rings is 1. The van der Waals surface area contributed by atoms with Crippen molar-refractivity contribution in [3.63, 3.8) is 0 Å². The van der Waals surface area contributed by atoms with E-state index in [2.05, 4.69) is 4.98 Å². The predicted molar refractivity (Wildman–Crippen MR) is 38.2 cm³/mol. The van der Waals surface area contributed by atoms with Crippen LogP contribution < -0.4 is 5.73 Å². The Balaban J connectivity index is 3.14. The van der Waals surface area contributed by atoms with Gasteiger partial charge in [-0.3, -0.25) is 0 Å². The van der Waals surface area contributed by atoms with E-state index in [9.17, 15) is 4.39 Å². The molecule has 1 heterocycles. The first-order valence-corrected chi connectivity index (χ1v) is 3.24. The number of alkyl halides is 1. The molecule has 0 bridgehead atoms. The fourth-order valence-electron chi connectivity index (χ4n) is 0.605. The Hall–Kier alpha value is -0.830. The minimum atomic E-state index is -0.516. The summed E-state index contributed by atoms with van der Waals surface area (Å²) in [5.41, 5.74) is 5.53. The van der Waals surface area contributed by atoms with Gasteiger partial charge in [-0.05, 0) is 6.07 Å². The third kappa shape index (κ3) is 1.19. The van der Waals surface area contributed by atoms with Crippen LogP contribution in [0.4, 0.5) is 10.2 Å². The SMILES string of the molecule is Nc1nccc(CCl)c1F. The standard InChI is InChI=1S/C6H6ClFN2/c7-3-4-1-2-10-6(9)5(4)8/h1-2H,3H2,(H2,9,10). The smallest absolute Gasteiger partial charge is 0.169 e. The van der Waals surface area contributed by atoms with E-state index in [-0.39, 0.29) is 11.7 Å². The van der Waals surface area contributed by atoms with Crippen LogP contribution in [0.1, 0.15) is 5.56 Å². The molecule has 4 heteroatoms. The Bertz CT molecular complexity index is 239. The van der Waals surface area contributed by atoms with E-state index in [0.29, 0.717) is 5.56 Å². The molecule has 0 unspecified atom stereocenters. The molecule has 0 saturated heterocycles. The van der Waals surface area contributed by atoms with Gasteiger partial charge in [-0.1, -0.05) is 0 Å².